The predicted molar refractivity (Wildman–Crippen MR) is 104 cm³/mol. The number of hydrogen-bond donors (Lipinski definition) is 3. The summed E-state index contributed by atoms with van der Waals surface area (Å²) >= 11 is 0. The molecule has 3 heteroatoms. The maximum absolute atomic E-state index is 9.21. The van der Waals surface area contributed by atoms with Crippen LogP contribution in [-0.2, 0) is 6.42 Å². The van der Waals surface area contributed by atoms with E-state index in [9.17, 15) is 10.2 Å². The molecule has 0 saturated carbocycles. The molecule has 2 rings (SSSR count). The summed E-state index contributed by atoms with van der Waals surface area (Å²) in [6.07, 6.45) is 1.19. The summed E-state index contributed by atoms with van der Waals surface area (Å²) in [5, 5.41) is 18.4. The van der Waals surface area contributed by atoms with E-state index in [1.54, 1.807) is 0 Å². The molecule has 0 unspecified atom stereocenters. The van der Waals surface area contributed by atoms with E-state index < -0.39 is 5.54 Å². The minimum absolute atomic E-state index is 0.237. The molecule has 0 amide bonds. The van der Waals surface area contributed by atoms with Gasteiger partial charge in [-0.05, 0) is 66.4 Å². The largest absolute Gasteiger partial charge is 0.394 e. The third-order valence-corrected chi connectivity index (χ3v) is 3.87. The minimum Gasteiger partial charge on any atom is -0.394 e. The molecule has 2 aromatic carbocycles. The van der Waals surface area contributed by atoms with Crippen LogP contribution in [0.4, 0.5) is 0 Å². The molecule has 0 heterocycles. The molecule has 3 nitrogen and oxygen atoms in total. The van der Waals surface area contributed by atoms with Crippen LogP contribution in [0.5, 0.6) is 0 Å². The summed E-state index contributed by atoms with van der Waals surface area (Å²) in [5.41, 5.74) is 7.80. The zero-order chi connectivity index (χ0) is 18.7. The summed E-state index contributed by atoms with van der Waals surface area (Å²) in [5.74, 6) is 16.9. The highest BCUT2D eigenvalue weighted by Crippen LogP contribution is 2.12. The molecular formula is C23H21NO2. The molecule has 130 valence electrons. The normalized spacial score (nSPS) is 9.81. The first-order chi connectivity index (χ1) is 12.6. The summed E-state index contributed by atoms with van der Waals surface area (Å²) < 4.78 is 0. The first-order valence-electron chi connectivity index (χ1n) is 8.32. The molecule has 4 N–H and O–H groups in total. The number of hydrogen-bond acceptors (Lipinski definition) is 3. The average Bonchev–Trinajstić information content (AvgIpc) is 2.70. The molecule has 0 aromatic heterocycles. The Morgan fingerprint density at radius 1 is 0.731 bits per heavy atom. The van der Waals surface area contributed by atoms with Crippen LogP contribution in [0.15, 0.2) is 54.6 Å². The van der Waals surface area contributed by atoms with Crippen molar-refractivity contribution in [2.24, 2.45) is 5.73 Å². The molecule has 0 fully saturated rings. The van der Waals surface area contributed by atoms with Crippen molar-refractivity contribution in [3.63, 3.8) is 0 Å². The van der Waals surface area contributed by atoms with E-state index in [2.05, 4.69) is 35.5 Å². The average molecular weight is 343 g/mol. The van der Waals surface area contributed by atoms with E-state index in [4.69, 9.17) is 5.73 Å². The lowest BCUT2D eigenvalue weighted by atomic mass is 9.94. The van der Waals surface area contributed by atoms with E-state index in [0.29, 0.717) is 12.8 Å². The number of rotatable bonds is 5. The van der Waals surface area contributed by atoms with Gasteiger partial charge in [-0.1, -0.05) is 42.2 Å². The van der Waals surface area contributed by atoms with Gasteiger partial charge in [0.2, 0.25) is 0 Å². The summed E-state index contributed by atoms with van der Waals surface area (Å²) in [6, 6.07) is 17.4. The van der Waals surface area contributed by atoms with Gasteiger partial charge in [0, 0.05) is 11.1 Å². The van der Waals surface area contributed by atoms with Gasteiger partial charge in [-0.15, -0.1) is 0 Å². The first kappa shape index (κ1) is 19.3. The molecule has 0 radical (unpaired) electrons. The van der Waals surface area contributed by atoms with Crippen molar-refractivity contribution < 1.29 is 10.2 Å². The Kier molecular flexibility index (Phi) is 7.50. The zero-order valence-electron chi connectivity index (χ0n) is 14.5. The fraction of sp³-hybridized carbons (Fsp3) is 0.217. The van der Waals surface area contributed by atoms with Gasteiger partial charge in [-0.3, -0.25) is 0 Å². The second kappa shape index (κ2) is 10.1. The fourth-order valence-electron chi connectivity index (χ4n) is 2.15. The molecule has 0 saturated heterocycles. The van der Waals surface area contributed by atoms with E-state index in [-0.39, 0.29) is 13.2 Å². The van der Waals surface area contributed by atoms with E-state index in [1.807, 2.05) is 54.6 Å². The zero-order valence-corrected chi connectivity index (χ0v) is 14.5. The van der Waals surface area contributed by atoms with Gasteiger partial charge in [-0.2, -0.15) is 0 Å². The van der Waals surface area contributed by atoms with Crippen molar-refractivity contribution >= 4 is 0 Å². The van der Waals surface area contributed by atoms with Crippen molar-refractivity contribution in [3.8, 4) is 35.5 Å². The number of aryl methyl sites for hydroxylation is 1. The van der Waals surface area contributed by atoms with E-state index in [1.165, 1.54) is 0 Å². The standard InChI is InChI=1S/C23H21NO2/c24-23(18-25,19-26)17-16-22-14-12-21(13-15-22)11-5-2-1-4-8-20-9-6-3-7-10-20/h3,6-7,9-10,12-15,25-26H,16-19,24H2. The maximum atomic E-state index is 9.21. The van der Waals surface area contributed by atoms with Crippen molar-refractivity contribution in [1.29, 1.82) is 0 Å². The highest BCUT2D eigenvalue weighted by molar-refractivity contribution is 5.45. The third kappa shape index (κ3) is 6.48. The van der Waals surface area contributed by atoms with Gasteiger partial charge in [-0.25, -0.2) is 0 Å². The Labute approximate surface area is 154 Å². The van der Waals surface area contributed by atoms with Crippen LogP contribution in [0.1, 0.15) is 23.1 Å². The monoisotopic (exact) mass is 343 g/mol. The van der Waals surface area contributed by atoms with Crippen molar-refractivity contribution in [2.75, 3.05) is 13.2 Å². The minimum atomic E-state index is -0.936. The second-order valence-electron chi connectivity index (χ2n) is 5.99. The molecule has 0 aliphatic heterocycles. The van der Waals surface area contributed by atoms with Crippen LogP contribution in [0, 0.1) is 35.5 Å². The van der Waals surface area contributed by atoms with Crippen LogP contribution in [0.25, 0.3) is 0 Å². The van der Waals surface area contributed by atoms with Gasteiger partial charge in [0.25, 0.3) is 0 Å². The lowest BCUT2D eigenvalue weighted by Crippen LogP contribution is -2.47. The predicted octanol–water partition coefficient (Wildman–Crippen LogP) is 1.71. The summed E-state index contributed by atoms with van der Waals surface area (Å²) in [6.45, 7) is -0.474. The Hall–Kier alpha value is -3.00. The summed E-state index contributed by atoms with van der Waals surface area (Å²) in [7, 11) is 0. The quantitative estimate of drug-likeness (QED) is 0.724. The highest BCUT2D eigenvalue weighted by atomic mass is 16.3. The van der Waals surface area contributed by atoms with Crippen LogP contribution in [0.2, 0.25) is 0 Å². The molecule has 0 atom stereocenters. The smallest absolute Gasteiger partial charge is 0.0633 e. The molecule has 0 aliphatic carbocycles. The van der Waals surface area contributed by atoms with Gasteiger partial charge < -0.3 is 15.9 Å². The van der Waals surface area contributed by atoms with Gasteiger partial charge >= 0.3 is 0 Å². The van der Waals surface area contributed by atoms with Crippen molar-refractivity contribution in [3.05, 3.63) is 71.3 Å². The number of nitrogens with two attached hydrogens (primary N) is 1. The van der Waals surface area contributed by atoms with Gasteiger partial charge in [0.05, 0.1) is 18.8 Å². The molecule has 0 bridgehead atoms. The van der Waals surface area contributed by atoms with Crippen LogP contribution >= 0.6 is 0 Å². The molecular weight excluding hydrogens is 322 g/mol. The fourth-order valence-corrected chi connectivity index (χ4v) is 2.15. The number of aliphatic hydroxyl groups is 2. The van der Waals surface area contributed by atoms with E-state index >= 15 is 0 Å². The third-order valence-electron chi connectivity index (χ3n) is 3.87. The van der Waals surface area contributed by atoms with Crippen LogP contribution in [-0.4, -0.2) is 29.0 Å². The van der Waals surface area contributed by atoms with Crippen LogP contribution < -0.4 is 5.73 Å². The van der Waals surface area contributed by atoms with E-state index in [0.717, 1.165) is 16.7 Å². The van der Waals surface area contributed by atoms with Gasteiger partial charge in [0.1, 0.15) is 0 Å². The molecule has 26 heavy (non-hydrogen) atoms. The molecule has 0 spiro atoms. The number of benzene rings is 2. The SMILES string of the molecule is NC(CO)(CO)CCc1ccc(C#CC#CC#Cc2ccccc2)cc1. The lowest BCUT2D eigenvalue weighted by molar-refractivity contribution is 0.115. The van der Waals surface area contributed by atoms with Gasteiger partial charge in [0.15, 0.2) is 0 Å². The Balaban J connectivity index is 1.90. The maximum Gasteiger partial charge on any atom is 0.0633 e. The molecule has 2 aromatic rings. The van der Waals surface area contributed by atoms with Crippen LogP contribution in [0.3, 0.4) is 0 Å². The Morgan fingerprint density at radius 3 is 1.81 bits per heavy atom. The molecule has 0 aliphatic rings. The Bertz CT molecular complexity index is 878. The van der Waals surface area contributed by atoms with Crippen molar-refractivity contribution in [1.82, 2.24) is 0 Å². The summed E-state index contributed by atoms with van der Waals surface area (Å²) in [4.78, 5) is 0. The lowest BCUT2D eigenvalue weighted by Gasteiger charge is -2.24. The van der Waals surface area contributed by atoms with Crippen molar-refractivity contribution in [2.45, 2.75) is 18.4 Å². The Morgan fingerprint density at radius 2 is 1.27 bits per heavy atom. The first-order valence-corrected chi connectivity index (χ1v) is 8.32. The number of aliphatic hydroxyl groups excluding tert-OH is 2. The topological polar surface area (TPSA) is 66.5 Å². The highest BCUT2D eigenvalue weighted by Gasteiger charge is 2.22. The second-order valence-corrected chi connectivity index (χ2v) is 5.99.